The summed E-state index contributed by atoms with van der Waals surface area (Å²) in [5.74, 6) is 6.52. The van der Waals surface area contributed by atoms with Gasteiger partial charge in [0.25, 0.3) is 0 Å². The Hall–Kier alpha value is -3.04. The highest BCUT2D eigenvalue weighted by Gasteiger charge is 1.97. The summed E-state index contributed by atoms with van der Waals surface area (Å²) < 4.78 is 0. The van der Waals surface area contributed by atoms with E-state index in [1.165, 1.54) is 22.3 Å². The molecule has 3 aromatic rings. The highest BCUT2D eigenvalue weighted by Crippen LogP contribution is 2.20. The van der Waals surface area contributed by atoms with E-state index in [0.717, 1.165) is 24.0 Å². The second kappa shape index (κ2) is 8.88. The molecular weight excluding hydrogens is 312 g/mol. The van der Waals surface area contributed by atoms with E-state index in [2.05, 4.69) is 111 Å². The number of hydrogen-bond acceptors (Lipinski definition) is 0. The summed E-state index contributed by atoms with van der Waals surface area (Å²) in [4.78, 5) is 0. The molecule has 0 heterocycles. The van der Waals surface area contributed by atoms with Gasteiger partial charge in [0.1, 0.15) is 0 Å². The van der Waals surface area contributed by atoms with Gasteiger partial charge in [0, 0.05) is 11.1 Å². The predicted octanol–water partition coefficient (Wildman–Crippen LogP) is 6.57. The minimum atomic E-state index is 1.04. The smallest absolute Gasteiger partial charge is 0.0249 e. The Morgan fingerprint density at radius 2 is 1.19 bits per heavy atom. The predicted molar refractivity (Wildman–Crippen MR) is 112 cm³/mol. The van der Waals surface area contributed by atoms with Crippen LogP contribution in [-0.2, 0) is 6.42 Å². The molecule has 0 aliphatic heterocycles. The minimum absolute atomic E-state index is 1.04. The molecule has 0 amide bonds. The van der Waals surface area contributed by atoms with Gasteiger partial charge in [-0.1, -0.05) is 78.1 Å². The summed E-state index contributed by atoms with van der Waals surface area (Å²) in [5, 5.41) is 0. The maximum Gasteiger partial charge on any atom is 0.0249 e. The number of rotatable bonds is 4. The number of hydrogen-bond donors (Lipinski definition) is 0. The quantitative estimate of drug-likeness (QED) is 0.373. The summed E-state index contributed by atoms with van der Waals surface area (Å²) >= 11 is 0. The molecule has 26 heavy (non-hydrogen) atoms. The molecule has 0 bridgehead atoms. The molecular formula is C26H24. The third kappa shape index (κ3) is 4.98. The van der Waals surface area contributed by atoms with Crippen molar-refractivity contribution in [2.24, 2.45) is 0 Å². The van der Waals surface area contributed by atoms with Crippen LogP contribution in [-0.4, -0.2) is 0 Å². The largest absolute Gasteiger partial charge is 0.0917 e. The van der Waals surface area contributed by atoms with Gasteiger partial charge in [-0.25, -0.2) is 0 Å². The molecule has 0 spiro atoms. The summed E-state index contributed by atoms with van der Waals surface area (Å²) in [6, 6.07) is 25.6. The summed E-state index contributed by atoms with van der Waals surface area (Å²) in [6.07, 6.45) is 6.48. The molecule has 0 heteroatoms. The van der Waals surface area contributed by atoms with E-state index in [4.69, 9.17) is 0 Å². The zero-order valence-corrected chi connectivity index (χ0v) is 15.5. The summed E-state index contributed by atoms with van der Waals surface area (Å²) in [5.41, 5.74) is 7.20. The second-order valence-corrected chi connectivity index (χ2v) is 6.50. The van der Waals surface area contributed by atoms with Crippen molar-refractivity contribution < 1.29 is 0 Å². The first-order valence-corrected chi connectivity index (χ1v) is 9.14. The van der Waals surface area contributed by atoms with Crippen LogP contribution in [0.5, 0.6) is 0 Å². The number of benzene rings is 3. The van der Waals surface area contributed by atoms with Gasteiger partial charge in [0.05, 0.1) is 0 Å². The maximum atomic E-state index is 3.26. The second-order valence-electron chi connectivity index (χ2n) is 6.50. The Kier molecular flexibility index (Phi) is 6.07. The highest BCUT2D eigenvalue weighted by atomic mass is 14.0. The van der Waals surface area contributed by atoms with Crippen molar-refractivity contribution in [2.75, 3.05) is 0 Å². The molecule has 0 fully saturated rings. The van der Waals surface area contributed by atoms with E-state index >= 15 is 0 Å². The molecule has 0 radical (unpaired) electrons. The van der Waals surface area contributed by atoms with Crippen molar-refractivity contribution in [3.8, 4) is 23.0 Å². The molecule has 0 atom stereocenters. The van der Waals surface area contributed by atoms with Crippen LogP contribution >= 0.6 is 0 Å². The van der Waals surface area contributed by atoms with Gasteiger partial charge in [0.15, 0.2) is 0 Å². The number of allylic oxidation sites excluding steroid dienone is 2. The number of aryl methyl sites for hydroxylation is 2. The lowest BCUT2D eigenvalue weighted by Gasteiger charge is -2.02. The Bertz CT molecular complexity index is 913. The average molecular weight is 336 g/mol. The van der Waals surface area contributed by atoms with Gasteiger partial charge < -0.3 is 0 Å². The normalized spacial score (nSPS) is 10.5. The lowest BCUT2D eigenvalue weighted by molar-refractivity contribution is 0.999. The Morgan fingerprint density at radius 3 is 1.73 bits per heavy atom. The first kappa shape index (κ1) is 17.8. The van der Waals surface area contributed by atoms with Crippen LogP contribution in [0.15, 0.2) is 84.9 Å². The van der Waals surface area contributed by atoms with Crippen LogP contribution in [0.3, 0.4) is 0 Å². The maximum absolute atomic E-state index is 3.26. The standard InChI is InChI=1S/C26H24/c1-3-4-5-6-22-9-11-23(12-10-22)13-14-24-15-19-26(20-16-24)25-17-7-21(2)8-18-25/h3-4,7-12,15-20H,5-6H2,1-2H3/b4-3+. The monoisotopic (exact) mass is 336 g/mol. The van der Waals surface area contributed by atoms with E-state index in [9.17, 15) is 0 Å². The van der Waals surface area contributed by atoms with Crippen molar-refractivity contribution in [3.63, 3.8) is 0 Å². The molecule has 0 saturated carbocycles. The summed E-state index contributed by atoms with van der Waals surface area (Å²) in [7, 11) is 0. The van der Waals surface area contributed by atoms with Crippen molar-refractivity contribution in [1.82, 2.24) is 0 Å². The van der Waals surface area contributed by atoms with E-state index in [1.54, 1.807) is 0 Å². The van der Waals surface area contributed by atoms with Gasteiger partial charge in [-0.2, -0.15) is 0 Å². The Morgan fingerprint density at radius 1 is 0.692 bits per heavy atom. The van der Waals surface area contributed by atoms with E-state index < -0.39 is 0 Å². The Balaban J connectivity index is 1.67. The fourth-order valence-electron chi connectivity index (χ4n) is 2.81. The lowest BCUT2D eigenvalue weighted by Crippen LogP contribution is -1.84. The molecule has 3 rings (SSSR count). The van der Waals surface area contributed by atoms with Crippen LogP contribution in [0.4, 0.5) is 0 Å². The lowest BCUT2D eigenvalue weighted by atomic mass is 10.0. The van der Waals surface area contributed by atoms with Gasteiger partial charge in [-0.15, -0.1) is 0 Å². The van der Waals surface area contributed by atoms with E-state index in [-0.39, 0.29) is 0 Å². The van der Waals surface area contributed by atoms with Gasteiger partial charge in [-0.3, -0.25) is 0 Å². The molecule has 0 aliphatic rings. The topological polar surface area (TPSA) is 0 Å². The zero-order valence-electron chi connectivity index (χ0n) is 15.5. The molecule has 0 unspecified atom stereocenters. The van der Waals surface area contributed by atoms with E-state index in [0.29, 0.717) is 0 Å². The first-order valence-electron chi connectivity index (χ1n) is 9.14. The van der Waals surface area contributed by atoms with Crippen LogP contribution in [0.25, 0.3) is 11.1 Å². The first-order chi connectivity index (χ1) is 12.7. The van der Waals surface area contributed by atoms with Crippen LogP contribution in [0.1, 0.15) is 35.6 Å². The zero-order chi connectivity index (χ0) is 18.2. The van der Waals surface area contributed by atoms with Crippen molar-refractivity contribution in [1.29, 1.82) is 0 Å². The van der Waals surface area contributed by atoms with Crippen LogP contribution < -0.4 is 0 Å². The van der Waals surface area contributed by atoms with Crippen molar-refractivity contribution >= 4 is 0 Å². The molecule has 0 N–H and O–H groups in total. The van der Waals surface area contributed by atoms with Crippen molar-refractivity contribution in [3.05, 3.63) is 107 Å². The molecule has 3 aromatic carbocycles. The Labute approximate surface area is 157 Å². The molecule has 0 nitrogen and oxygen atoms in total. The SMILES string of the molecule is C/C=C/CCc1ccc(C#Cc2ccc(-c3ccc(C)cc3)cc2)cc1. The van der Waals surface area contributed by atoms with Crippen LogP contribution in [0, 0.1) is 18.8 Å². The highest BCUT2D eigenvalue weighted by molar-refractivity contribution is 5.64. The fourth-order valence-corrected chi connectivity index (χ4v) is 2.81. The van der Waals surface area contributed by atoms with Crippen LogP contribution in [0.2, 0.25) is 0 Å². The molecule has 128 valence electrons. The minimum Gasteiger partial charge on any atom is -0.0917 e. The van der Waals surface area contributed by atoms with Gasteiger partial charge in [0.2, 0.25) is 0 Å². The molecule has 0 aromatic heterocycles. The van der Waals surface area contributed by atoms with Gasteiger partial charge in [-0.05, 0) is 67.6 Å². The summed E-state index contributed by atoms with van der Waals surface area (Å²) in [6.45, 7) is 4.17. The van der Waals surface area contributed by atoms with Crippen molar-refractivity contribution in [2.45, 2.75) is 26.7 Å². The van der Waals surface area contributed by atoms with Gasteiger partial charge >= 0.3 is 0 Å². The third-order valence-corrected chi connectivity index (χ3v) is 4.41. The molecule has 0 aliphatic carbocycles. The fraction of sp³-hybridized carbons (Fsp3) is 0.154. The van der Waals surface area contributed by atoms with E-state index in [1.807, 2.05) is 0 Å². The average Bonchev–Trinajstić information content (AvgIpc) is 2.69. The molecule has 0 saturated heterocycles. The third-order valence-electron chi connectivity index (χ3n) is 4.41.